The standard InChI is InChI=1S/C34H40N2O5/c1-3-5-6-7-8-12-24-40-28-19-15-25(16-20-28)31-30-32(41-36(31)27-13-10-9-11-14-27)34(38)35(33(30)37)26-17-21-29(22-18-26)39-23-4-2/h9-11,13-22,30-32H,3-8,12,23-24H2,1-2H3/t30-,31+,32-/m0/s1. The van der Waals surface area contributed by atoms with Crippen molar-refractivity contribution < 1.29 is 23.9 Å². The van der Waals surface area contributed by atoms with Gasteiger partial charge in [-0.15, -0.1) is 0 Å². The summed E-state index contributed by atoms with van der Waals surface area (Å²) < 4.78 is 11.7. The lowest BCUT2D eigenvalue weighted by atomic mass is 9.90. The molecule has 7 heteroatoms. The SMILES string of the molecule is CCCCCCCCOc1ccc([C@@H]2[C@@H]3C(=O)N(c4ccc(OCCC)cc4)C(=O)[C@H]3ON2c2ccccc2)cc1. The third kappa shape index (κ3) is 6.41. The number of hydrogen-bond acceptors (Lipinski definition) is 6. The molecule has 0 unspecified atom stereocenters. The zero-order valence-electron chi connectivity index (χ0n) is 24.0. The molecule has 0 radical (unpaired) electrons. The van der Waals surface area contributed by atoms with Gasteiger partial charge in [0.1, 0.15) is 17.4 Å². The largest absolute Gasteiger partial charge is 0.494 e. The summed E-state index contributed by atoms with van der Waals surface area (Å²) in [5.41, 5.74) is 2.20. The van der Waals surface area contributed by atoms with Crippen molar-refractivity contribution in [3.05, 3.63) is 84.4 Å². The van der Waals surface area contributed by atoms with Gasteiger partial charge in [0, 0.05) is 0 Å². The van der Waals surface area contributed by atoms with E-state index in [1.807, 2.05) is 61.5 Å². The minimum atomic E-state index is -0.910. The summed E-state index contributed by atoms with van der Waals surface area (Å²) in [6, 6.07) is 24.1. The maximum Gasteiger partial charge on any atom is 0.266 e. The van der Waals surface area contributed by atoms with Crippen molar-refractivity contribution in [3.63, 3.8) is 0 Å². The molecule has 0 N–H and O–H groups in total. The molecule has 0 bridgehead atoms. The Morgan fingerprint density at radius 2 is 1.29 bits per heavy atom. The molecule has 216 valence electrons. The van der Waals surface area contributed by atoms with Gasteiger partial charge in [-0.2, -0.15) is 0 Å². The Bertz CT molecular complexity index is 1280. The molecule has 3 aromatic carbocycles. The lowest BCUT2D eigenvalue weighted by Crippen LogP contribution is -2.37. The normalized spacial score (nSPS) is 20.0. The van der Waals surface area contributed by atoms with Gasteiger partial charge in [0.2, 0.25) is 5.91 Å². The second-order valence-electron chi connectivity index (χ2n) is 10.7. The van der Waals surface area contributed by atoms with Crippen LogP contribution in [0.3, 0.4) is 0 Å². The van der Waals surface area contributed by atoms with Crippen LogP contribution >= 0.6 is 0 Å². The number of nitrogens with zero attached hydrogens (tertiary/aromatic N) is 2. The second-order valence-corrected chi connectivity index (χ2v) is 10.7. The van der Waals surface area contributed by atoms with Crippen molar-refractivity contribution in [1.82, 2.24) is 0 Å². The van der Waals surface area contributed by atoms with E-state index >= 15 is 0 Å². The first-order valence-electron chi connectivity index (χ1n) is 15.0. The predicted octanol–water partition coefficient (Wildman–Crippen LogP) is 7.27. The van der Waals surface area contributed by atoms with E-state index in [1.54, 1.807) is 29.3 Å². The van der Waals surface area contributed by atoms with Crippen molar-refractivity contribution in [3.8, 4) is 11.5 Å². The van der Waals surface area contributed by atoms with Crippen LogP contribution < -0.4 is 19.4 Å². The Balaban J connectivity index is 1.33. The number of fused-ring (bicyclic) bond motifs is 1. The van der Waals surface area contributed by atoms with Gasteiger partial charge in [-0.3, -0.25) is 14.4 Å². The fourth-order valence-corrected chi connectivity index (χ4v) is 5.55. The topological polar surface area (TPSA) is 68.3 Å². The van der Waals surface area contributed by atoms with Crippen LogP contribution in [-0.2, 0) is 14.4 Å². The summed E-state index contributed by atoms with van der Waals surface area (Å²) in [6.45, 7) is 5.56. The molecule has 5 rings (SSSR count). The molecule has 2 fully saturated rings. The zero-order valence-corrected chi connectivity index (χ0v) is 24.0. The highest BCUT2D eigenvalue weighted by atomic mass is 16.7. The smallest absolute Gasteiger partial charge is 0.266 e. The molecule has 0 aromatic heterocycles. The Hall–Kier alpha value is -3.84. The van der Waals surface area contributed by atoms with E-state index < -0.39 is 18.1 Å². The fraction of sp³-hybridized carbons (Fsp3) is 0.412. The Kier molecular flexibility index (Phi) is 9.57. The van der Waals surface area contributed by atoms with Gasteiger partial charge in [-0.25, -0.2) is 9.96 Å². The van der Waals surface area contributed by atoms with Crippen molar-refractivity contribution >= 4 is 23.2 Å². The van der Waals surface area contributed by atoms with E-state index in [9.17, 15) is 9.59 Å². The predicted molar refractivity (Wildman–Crippen MR) is 160 cm³/mol. The molecule has 3 atom stereocenters. The number of anilines is 2. The van der Waals surface area contributed by atoms with Crippen molar-refractivity contribution in [2.45, 2.75) is 70.9 Å². The fourth-order valence-electron chi connectivity index (χ4n) is 5.55. The van der Waals surface area contributed by atoms with Crippen molar-refractivity contribution in [1.29, 1.82) is 0 Å². The highest BCUT2D eigenvalue weighted by molar-refractivity contribution is 6.23. The molecule has 2 aliphatic heterocycles. The van der Waals surface area contributed by atoms with Crippen LogP contribution in [0.5, 0.6) is 11.5 Å². The average molecular weight is 557 g/mol. The highest BCUT2D eigenvalue weighted by Crippen LogP contribution is 2.47. The van der Waals surface area contributed by atoms with Gasteiger partial charge in [0.15, 0.2) is 6.10 Å². The highest BCUT2D eigenvalue weighted by Gasteiger charge is 2.60. The number of amides is 2. The van der Waals surface area contributed by atoms with Crippen LogP contribution in [0.4, 0.5) is 11.4 Å². The Morgan fingerprint density at radius 1 is 0.659 bits per heavy atom. The van der Waals surface area contributed by atoms with Crippen LogP contribution in [0.2, 0.25) is 0 Å². The van der Waals surface area contributed by atoms with E-state index in [1.165, 1.54) is 37.0 Å². The summed E-state index contributed by atoms with van der Waals surface area (Å²) >= 11 is 0. The molecular formula is C34H40N2O5. The molecule has 0 aliphatic carbocycles. The molecule has 2 aliphatic rings. The van der Waals surface area contributed by atoms with Crippen LogP contribution in [0, 0.1) is 5.92 Å². The number of para-hydroxylation sites is 1. The van der Waals surface area contributed by atoms with Crippen LogP contribution in [0.1, 0.15) is 70.4 Å². The molecule has 0 saturated carbocycles. The number of ether oxygens (including phenoxy) is 2. The maximum absolute atomic E-state index is 13.9. The van der Waals surface area contributed by atoms with E-state index in [-0.39, 0.29) is 11.8 Å². The minimum Gasteiger partial charge on any atom is -0.494 e. The number of carbonyl (C=O) groups excluding carboxylic acids is 2. The summed E-state index contributed by atoms with van der Waals surface area (Å²) in [5.74, 6) is 0.190. The summed E-state index contributed by atoms with van der Waals surface area (Å²) in [4.78, 5) is 35.0. The number of rotatable bonds is 14. The number of imide groups is 1. The quantitative estimate of drug-likeness (QED) is 0.154. The lowest BCUT2D eigenvalue weighted by molar-refractivity contribution is -0.126. The lowest BCUT2D eigenvalue weighted by Gasteiger charge is -2.29. The van der Waals surface area contributed by atoms with Gasteiger partial charge in [-0.05, 0) is 66.9 Å². The number of carbonyl (C=O) groups is 2. The summed E-state index contributed by atoms with van der Waals surface area (Å²) in [6.07, 6.45) is 7.27. The van der Waals surface area contributed by atoms with Gasteiger partial charge in [0.05, 0.1) is 30.6 Å². The third-order valence-corrected chi connectivity index (χ3v) is 7.68. The van der Waals surface area contributed by atoms with Crippen LogP contribution in [-0.4, -0.2) is 31.1 Å². The van der Waals surface area contributed by atoms with Crippen LogP contribution in [0.25, 0.3) is 0 Å². The number of unbranched alkanes of at least 4 members (excludes halogenated alkanes) is 5. The minimum absolute atomic E-state index is 0.269. The Morgan fingerprint density at radius 3 is 1.98 bits per heavy atom. The summed E-state index contributed by atoms with van der Waals surface area (Å²) in [5, 5.41) is 1.72. The first kappa shape index (κ1) is 28.7. The molecule has 7 nitrogen and oxygen atoms in total. The Labute approximate surface area is 243 Å². The van der Waals surface area contributed by atoms with Gasteiger partial charge < -0.3 is 9.47 Å². The molecule has 0 spiro atoms. The molecule has 3 aromatic rings. The molecule has 41 heavy (non-hydrogen) atoms. The van der Waals surface area contributed by atoms with Gasteiger partial charge in [0.25, 0.3) is 5.91 Å². The van der Waals surface area contributed by atoms with Crippen LogP contribution in [0.15, 0.2) is 78.9 Å². The van der Waals surface area contributed by atoms with Crippen molar-refractivity contribution in [2.75, 3.05) is 23.2 Å². The zero-order chi connectivity index (χ0) is 28.6. The maximum atomic E-state index is 13.9. The number of hydrogen-bond donors (Lipinski definition) is 0. The van der Waals surface area contributed by atoms with E-state index in [2.05, 4.69) is 6.92 Å². The molecule has 2 saturated heterocycles. The van der Waals surface area contributed by atoms with Gasteiger partial charge >= 0.3 is 0 Å². The third-order valence-electron chi connectivity index (χ3n) is 7.68. The first-order valence-corrected chi connectivity index (χ1v) is 15.0. The first-order chi connectivity index (χ1) is 20.1. The average Bonchev–Trinajstić information content (AvgIpc) is 3.52. The van der Waals surface area contributed by atoms with E-state index in [0.29, 0.717) is 24.7 Å². The molecular weight excluding hydrogens is 516 g/mol. The summed E-state index contributed by atoms with van der Waals surface area (Å²) in [7, 11) is 0. The van der Waals surface area contributed by atoms with Crippen molar-refractivity contribution in [2.24, 2.45) is 5.92 Å². The second kappa shape index (κ2) is 13.7. The molecule has 2 amide bonds. The van der Waals surface area contributed by atoms with E-state index in [4.69, 9.17) is 14.3 Å². The monoisotopic (exact) mass is 556 g/mol. The molecule has 2 heterocycles. The number of hydroxylamine groups is 1. The van der Waals surface area contributed by atoms with Gasteiger partial charge in [-0.1, -0.05) is 76.3 Å². The number of benzene rings is 3. The van der Waals surface area contributed by atoms with E-state index in [0.717, 1.165) is 29.8 Å².